The molecule has 0 bridgehead atoms. The molecule has 1 N–H and O–H groups in total. The molecule has 134 valence electrons. The maximum Gasteiger partial charge on any atom is 0.350 e. The second-order valence-electron chi connectivity index (χ2n) is 4.88. The molecule has 0 atom stereocenters. The molecule has 0 fully saturated rings. The van der Waals surface area contributed by atoms with Crippen LogP contribution in [0.2, 0.25) is 0 Å². The number of thiophene rings is 1. The summed E-state index contributed by atoms with van der Waals surface area (Å²) in [5.41, 5.74) is 4.95. The Labute approximate surface area is 150 Å². The lowest BCUT2D eigenvalue weighted by molar-refractivity contribution is 0.0607. The third-order valence-electron chi connectivity index (χ3n) is 3.46. The molecule has 0 spiro atoms. The van der Waals surface area contributed by atoms with Gasteiger partial charge in [-0.3, -0.25) is 5.43 Å². The fourth-order valence-electron chi connectivity index (χ4n) is 2.15. The van der Waals surface area contributed by atoms with E-state index >= 15 is 0 Å². The number of carbonyl (C=O) groups excluding carboxylic acids is 1. The normalized spacial score (nSPS) is 11.0. The second-order valence-corrected chi connectivity index (χ2v) is 5.79. The third-order valence-corrected chi connectivity index (χ3v) is 4.36. The highest BCUT2D eigenvalue weighted by Gasteiger charge is 2.15. The average molecular weight is 364 g/mol. The van der Waals surface area contributed by atoms with Crippen LogP contribution in [0.3, 0.4) is 0 Å². The van der Waals surface area contributed by atoms with Crippen LogP contribution in [0.5, 0.6) is 17.2 Å². The Bertz CT molecular complexity index is 760. The first kappa shape index (κ1) is 18.6. The van der Waals surface area contributed by atoms with Gasteiger partial charge in [-0.2, -0.15) is 5.10 Å². The largest absolute Gasteiger partial charge is 0.493 e. The van der Waals surface area contributed by atoms with E-state index in [0.717, 1.165) is 5.56 Å². The van der Waals surface area contributed by atoms with Crippen molar-refractivity contribution in [3.05, 3.63) is 34.0 Å². The summed E-state index contributed by atoms with van der Waals surface area (Å²) >= 11 is 1.28. The van der Waals surface area contributed by atoms with Crippen LogP contribution < -0.4 is 19.6 Å². The highest BCUT2D eigenvalue weighted by molar-refractivity contribution is 7.12. The quantitative estimate of drug-likeness (QED) is 0.461. The lowest BCUT2D eigenvalue weighted by atomic mass is 10.1. The van der Waals surface area contributed by atoms with Gasteiger partial charge in [0.05, 0.1) is 39.8 Å². The van der Waals surface area contributed by atoms with Crippen molar-refractivity contribution in [3.8, 4) is 17.2 Å². The van der Waals surface area contributed by atoms with Crippen molar-refractivity contribution in [1.82, 2.24) is 0 Å². The van der Waals surface area contributed by atoms with E-state index in [9.17, 15) is 4.79 Å². The average Bonchev–Trinajstić information content (AvgIpc) is 3.12. The van der Waals surface area contributed by atoms with Gasteiger partial charge in [-0.05, 0) is 30.5 Å². The van der Waals surface area contributed by atoms with Gasteiger partial charge in [-0.1, -0.05) is 0 Å². The van der Waals surface area contributed by atoms with E-state index < -0.39 is 5.97 Å². The number of rotatable bonds is 7. The number of nitrogens with one attached hydrogen (secondary N) is 1. The molecule has 0 saturated carbocycles. The predicted octanol–water partition coefficient (Wildman–Crippen LogP) is 3.40. The standard InChI is InChI=1S/C17H20N2O5S/c1-10(18-19-12-6-7-25-16(12)17(20)24-5)11-8-13(21-2)15(23-4)14(9-11)22-3/h6-9,19H,1-5H3/b18-10+. The van der Waals surface area contributed by atoms with E-state index in [1.54, 1.807) is 44.9 Å². The Morgan fingerprint density at radius 1 is 1.08 bits per heavy atom. The van der Waals surface area contributed by atoms with E-state index in [2.05, 4.69) is 10.5 Å². The van der Waals surface area contributed by atoms with Crippen molar-refractivity contribution in [2.24, 2.45) is 5.10 Å². The summed E-state index contributed by atoms with van der Waals surface area (Å²) in [7, 11) is 6.00. The monoisotopic (exact) mass is 364 g/mol. The van der Waals surface area contributed by atoms with Gasteiger partial charge in [0.1, 0.15) is 4.88 Å². The zero-order valence-corrected chi connectivity index (χ0v) is 15.5. The molecule has 0 aliphatic carbocycles. The number of methoxy groups -OCH3 is 4. The van der Waals surface area contributed by atoms with Crippen LogP contribution in [-0.4, -0.2) is 40.1 Å². The molecule has 2 rings (SSSR count). The van der Waals surface area contributed by atoms with Crippen LogP contribution in [-0.2, 0) is 4.74 Å². The number of carbonyl (C=O) groups is 1. The minimum Gasteiger partial charge on any atom is -0.493 e. The number of hydrogen-bond acceptors (Lipinski definition) is 8. The summed E-state index contributed by atoms with van der Waals surface area (Å²) in [6, 6.07) is 5.37. The topological polar surface area (TPSA) is 78.4 Å². The van der Waals surface area contributed by atoms with Crippen LogP contribution in [0.15, 0.2) is 28.7 Å². The molecule has 0 unspecified atom stereocenters. The van der Waals surface area contributed by atoms with Crippen molar-refractivity contribution in [2.45, 2.75) is 6.92 Å². The van der Waals surface area contributed by atoms with Crippen LogP contribution >= 0.6 is 11.3 Å². The van der Waals surface area contributed by atoms with Gasteiger partial charge in [-0.15, -0.1) is 11.3 Å². The molecule has 7 nitrogen and oxygen atoms in total. The Morgan fingerprint density at radius 3 is 2.24 bits per heavy atom. The summed E-state index contributed by atoms with van der Waals surface area (Å²) in [4.78, 5) is 12.2. The molecule has 0 saturated heterocycles. The number of hydrogen-bond donors (Lipinski definition) is 1. The number of ether oxygens (including phenoxy) is 4. The van der Waals surface area contributed by atoms with Gasteiger partial charge < -0.3 is 18.9 Å². The lowest BCUT2D eigenvalue weighted by Gasteiger charge is -2.14. The number of esters is 1. The van der Waals surface area contributed by atoms with E-state index in [1.807, 2.05) is 6.92 Å². The van der Waals surface area contributed by atoms with Gasteiger partial charge in [-0.25, -0.2) is 4.79 Å². The van der Waals surface area contributed by atoms with Crippen molar-refractivity contribution in [1.29, 1.82) is 0 Å². The van der Waals surface area contributed by atoms with Gasteiger partial charge >= 0.3 is 5.97 Å². The zero-order valence-electron chi connectivity index (χ0n) is 14.7. The number of hydrazone groups is 1. The van der Waals surface area contributed by atoms with Crippen molar-refractivity contribution in [3.63, 3.8) is 0 Å². The molecule has 8 heteroatoms. The molecule has 0 aliphatic heterocycles. The maximum atomic E-state index is 11.7. The fourth-order valence-corrected chi connectivity index (χ4v) is 2.91. The molecular weight excluding hydrogens is 344 g/mol. The van der Waals surface area contributed by atoms with Gasteiger partial charge in [0.2, 0.25) is 5.75 Å². The third kappa shape index (κ3) is 4.03. The van der Waals surface area contributed by atoms with E-state index in [-0.39, 0.29) is 0 Å². The SMILES string of the molecule is COC(=O)c1sccc1N/N=C(\C)c1cc(OC)c(OC)c(OC)c1. The second kappa shape index (κ2) is 8.39. The van der Waals surface area contributed by atoms with E-state index in [4.69, 9.17) is 18.9 Å². The van der Waals surface area contributed by atoms with Crippen LogP contribution in [0.1, 0.15) is 22.2 Å². The van der Waals surface area contributed by atoms with Crippen LogP contribution in [0, 0.1) is 0 Å². The summed E-state index contributed by atoms with van der Waals surface area (Å²) in [5, 5.41) is 6.12. The first-order valence-electron chi connectivity index (χ1n) is 7.32. The minimum absolute atomic E-state index is 0.405. The molecular formula is C17H20N2O5S. The maximum absolute atomic E-state index is 11.7. The summed E-state index contributed by atoms with van der Waals surface area (Å²) < 4.78 is 20.7. The number of nitrogens with zero attached hydrogens (tertiary/aromatic N) is 1. The van der Waals surface area contributed by atoms with Gasteiger partial charge in [0.15, 0.2) is 11.5 Å². The molecule has 2 aromatic rings. The Balaban J connectivity index is 2.31. The zero-order chi connectivity index (χ0) is 18.4. The highest BCUT2D eigenvalue weighted by Crippen LogP contribution is 2.38. The molecule has 25 heavy (non-hydrogen) atoms. The van der Waals surface area contributed by atoms with Crippen molar-refractivity contribution >= 4 is 28.7 Å². The number of benzene rings is 1. The lowest BCUT2D eigenvalue weighted by Crippen LogP contribution is -2.05. The van der Waals surface area contributed by atoms with Crippen molar-refractivity contribution in [2.75, 3.05) is 33.9 Å². The molecule has 1 heterocycles. The Morgan fingerprint density at radius 2 is 1.72 bits per heavy atom. The fraction of sp³-hybridized carbons (Fsp3) is 0.294. The molecule has 0 amide bonds. The first-order valence-corrected chi connectivity index (χ1v) is 8.20. The molecule has 1 aromatic heterocycles. The smallest absolute Gasteiger partial charge is 0.350 e. The summed E-state index contributed by atoms with van der Waals surface area (Å²) in [5.74, 6) is 1.19. The predicted molar refractivity (Wildman–Crippen MR) is 97.6 cm³/mol. The minimum atomic E-state index is -0.405. The van der Waals surface area contributed by atoms with E-state index in [0.29, 0.717) is 33.5 Å². The van der Waals surface area contributed by atoms with Crippen LogP contribution in [0.4, 0.5) is 5.69 Å². The Hall–Kier alpha value is -2.74. The van der Waals surface area contributed by atoms with E-state index in [1.165, 1.54) is 18.4 Å². The molecule has 0 aliphatic rings. The van der Waals surface area contributed by atoms with Crippen LogP contribution in [0.25, 0.3) is 0 Å². The van der Waals surface area contributed by atoms with Crippen molar-refractivity contribution < 1.29 is 23.7 Å². The molecule has 1 aromatic carbocycles. The summed E-state index contributed by atoms with van der Waals surface area (Å²) in [6.07, 6.45) is 0. The summed E-state index contributed by atoms with van der Waals surface area (Å²) in [6.45, 7) is 1.83. The Kier molecular flexibility index (Phi) is 6.24. The highest BCUT2D eigenvalue weighted by atomic mass is 32.1. The molecule has 0 radical (unpaired) electrons. The number of anilines is 1. The van der Waals surface area contributed by atoms with Gasteiger partial charge in [0, 0.05) is 5.56 Å². The van der Waals surface area contributed by atoms with Gasteiger partial charge in [0.25, 0.3) is 0 Å². The first-order chi connectivity index (χ1) is 12.0.